The van der Waals surface area contributed by atoms with Crippen molar-refractivity contribution in [1.29, 1.82) is 0 Å². The van der Waals surface area contributed by atoms with Crippen LogP contribution in [0.3, 0.4) is 0 Å². The summed E-state index contributed by atoms with van der Waals surface area (Å²) in [5.74, 6) is 0. The summed E-state index contributed by atoms with van der Waals surface area (Å²) in [5.41, 5.74) is 4.65. The molecule has 0 radical (unpaired) electrons. The van der Waals surface area contributed by atoms with Crippen molar-refractivity contribution in [1.82, 2.24) is 14.3 Å². The Bertz CT molecular complexity index is 1130. The predicted octanol–water partition coefficient (Wildman–Crippen LogP) is 3.41. The lowest BCUT2D eigenvalue weighted by Gasteiger charge is -2.14. The lowest BCUT2D eigenvalue weighted by molar-refractivity contribution is 0.114. The van der Waals surface area contributed by atoms with Crippen LogP contribution in [0.15, 0.2) is 59.5 Å². The molecular weight excluding hydrogens is 326 g/mol. The topological polar surface area (TPSA) is 49.0 Å². The highest BCUT2D eigenvalue weighted by Gasteiger charge is 2.14. The van der Waals surface area contributed by atoms with Gasteiger partial charge in [0.25, 0.3) is 0 Å². The third kappa shape index (κ3) is 2.91. The Morgan fingerprint density at radius 2 is 1.88 bits per heavy atom. The van der Waals surface area contributed by atoms with Gasteiger partial charge in [0.05, 0.1) is 30.4 Å². The first-order valence-corrected chi connectivity index (χ1v) is 8.71. The summed E-state index contributed by atoms with van der Waals surface area (Å²) in [5, 5.41) is 5.02. The summed E-state index contributed by atoms with van der Waals surface area (Å²) >= 11 is 0. The van der Waals surface area contributed by atoms with E-state index < -0.39 is 0 Å². The molecule has 5 heteroatoms. The van der Waals surface area contributed by atoms with Gasteiger partial charge in [0.2, 0.25) is 5.43 Å². The molecule has 0 N–H and O–H groups in total. The number of hydrogen-bond donors (Lipinski definition) is 0. The monoisotopic (exact) mass is 347 g/mol. The summed E-state index contributed by atoms with van der Waals surface area (Å²) in [4.78, 5) is 12.9. The molecule has 0 aliphatic carbocycles. The molecule has 2 aromatic heterocycles. The summed E-state index contributed by atoms with van der Waals surface area (Å²) < 4.78 is 9.64. The van der Waals surface area contributed by atoms with E-state index in [1.807, 2.05) is 50.4 Å². The van der Waals surface area contributed by atoms with Gasteiger partial charge in [-0.25, -0.2) is 0 Å². The van der Waals surface area contributed by atoms with Crippen LogP contribution >= 0.6 is 0 Å². The van der Waals surface area contributed by atoms with Crippen LogP contribution in [-0.4, -0.2) is 21.0 Å². The zero-order valence-electron chi connectivity index (χ0n) is 15.0. The number of aromatic nitrogens is 3. The van der Waals surface area contributed by atoms with Crippen LogP contribution < -0.4 is 5.43 Å². The molecule has 5 nitrogen and oxygen atoms in total. The lowest BCUT2D eigenvalue weighted by Crippen LogP contribution is -2.15. The molecule has 0 unspecified atom stereocenters. The van der Waals surface area contributed by atoms with Gasteiger partial charge in [0, 0.05) is 19.0 Å². The fourth-order valence-corrected chi connectivity index (χ4v) is 3.37. The molecule has 0 amide bonds. The van der Waals surface area contributed by atoms with Crippen molar-refractivity contribution in [2.75, 3.05) is 6.61 Å². The Morgan fingerprint density at radius 1 is 1.08 bits per heavy atom. The Kier molecular flexibility index (Phi) is 4.31. The number of fused-ring (bicyclic) bond motifs is 2. The summed E-state index contributed by atoms with van der Waals surface area (Å²) in [7, 11) is 1.81. The largest absolute Gasteiger partial charge is 0.375 e. The fourth-order valence-electron chi connectivity index (χ4n) is 3.37. The van der Waals surface area contributed by atoms with E-state index in [0.29, 0.717) is 25.3 Å². The standard InChI is InChI=1S/C21H21N3O2/c1-15-8-9-18-17(12-15)21(25)20-19(13-22-23(20)2)24(18)10-11-26-14-16-6-4-3-5-7-16/h3-9,12-13H,10-11,14H2,1-2H3. The van der Waals surface area contributed by atoms with E-state index in [4.69, 9.17) is 4.74 Å². The van der Waals surface area contributed by atoms with Crippen LogP contribution in [0.4, 0.5) is 0 Å². The maximum Gasteiger partial charge on any atom is 0.215 e. The Hall–Kier alpha value is -2.92. The van der Waals surface area contributed by atoms with Crippen LogP contribution in [0.2, 0.25) is 0 Å². The summed E-state index contributed by atoms with van der Waals surface area (Å²) in [6, 6.07) is 16.1. The number of hydrogen-bond acceptors (Lipinski definition) is 3. The van der Waals surface area contributed by atoms with Gasteiger partial charge in [-0.3, -0.25) is 9.48 Å². The van der Waals surface area contributed by atoms with Crippen molar-refractivity contribution in [3.05, 3.63) is 76.1 Å². The fraction of sp³-hybridized carbons (Fsp3) is 0.238. The van der Waals surface area contributed by atoms with E-state index in [2.05, 4.69) is 21.8 Å². The highest BCUT2D eigenvalue weighted by atomic mass is 16.5. The molecule has 0 saturated heterocycles. The number of aryl methyl sites for hydroxylation is 2. The zero-order chi connectivity index (χ0) is 18.1. The molecule has 4 rings (SSSR count). The highest BCUT2D eigenvalue weighted by Crippen LogP contribution is 2.20. The van der Waals surface area contributed by atoms with Gasteiger partial charge in [0.15, 0.2) is 0 Å². The van der Waals surface area contributed by atoms with Gasteiger partial charge < -0.3 is 9.30 Å². The number of pyridine rings is 1. The van der Waals surface area contributed by atoms with Gasteiger partial charge in [-0.05, 0) is 24.6 Å². The molecule has 4 aromatic rings. The van der Waals surface area contributed by atoms with Gasteiger partial charge in [0.1, 0.15) is 5.52 Å². The van der Waals surface area contributed by atoms with Crippen molar-refractivity contribution < 1.29 is 4.74 Å². The molecule has 2 heterocycles. The molecule has 2 aromatic carbocycles. The summed E-state index contributed by atoms with van der Waals surface area (Å²) in [6.07, 6.45) is 1.76. The first kappa shape index (κ1) is 16.5. The van der Waals surface area contributed by atoms with E-state index in [-0.39, 0.29) is 5.43 Å². The third-order valence-corrected chi connectivity index (χ3v) is 4.68. The first-order chi connectivity index (χ1) is 12.6. The Balaban J connectivity index is 1.68. The van der Waals surface area contributed by atoms with E-state index in [1.165, 1.54) is 0 Å². The molecule has 0 spiro atoms. The Morgan fingerprint density at radius 3 is 2.69 bits per heavy atom. The highest BCUT2D eigenvalue weighted by molar-refractivity contribution is 5.92. The maximum absolute atomic E-state index is 12.9. The number of benzene rings is 2. The molecule has 0 bridgehead atoms. The second kappa shape index (κ2) is 6.77. The minimum atomic E-state index is 0.0279. The van der Waals surface area contributed by atoms with Crippen molar-refractivity contribution in [3.8, 4) is 0 Å². The number of nitrogens with zero attached hydrogens (tertiary/aromatic N) is 3. The SMILES string of the molecule is Cc1ccc2c(c1)c(=O)c1c(cnn1C)n2CCOCc1ccccc1. The maximum atomic E-state index is 12.9. The van der Waals surface area contributed by atoms with E-state index in [9.17, 15) is 4.79 Å². The minimum Gasteiger partial charge on any atom is -0.375 e. The van der Waals surface area contributed by atoms with Crippen LogP contribution in [0.25, 0.3) is 21.9 Å². The van der Waals surface area contributed by atoms with Crippen molar-refractivity contribution in [2.45, 2.75) is 20.1 Å². The Labute approximate surface area is 151 Å². The van der Waals surface area contributed by atoms with Gasteiger partial charge >= 0.3 is 0 Å². The molecule has 0 fully saturated rings. The molecule has 0 saturated carbocycles. The molecule has 0 aliphatic rings. The molecule has 26 heavy (non-hydrogen) atoms. The molecule has 132 valence electrons. The minimum absolute atomic E-state index is 0.0279. The first-order valence-electron chi connectivity index (χ1n) is 8.71. The van der Waals surface area contributed by atoms with Crippen molar-refractivity contribution >= 4 is 21.9 Å². The van der Waals surface area contributed by atoms with Crippen molar-refractivity contribution in [3.63, 3.8) is 0 Å². The quantitative estimate of drug-likeness (QED) is 0.520. The van der Waals surface area contributed by atoms with Crippen LogP contribution in [-0.2, 0) is 24.9 Å². The second-order valence-corrected chi connectivity index (χ2v) is 6.54. The summed E-state index contributed by atoms with van der Waals surface area (Å²) in [6.45, 7) is 3.80. The third-order valence-electron chi connectivity index (χ3n) is 4.68. The molecular formula is C21H21N3O2. The van der Waals surface area contributed by atoms with Crippen LogP contribution in [0.5, 0.6) is 0 Å². The van der Waals surface area contributed by atoms with Gasteiger partial charge in [-0.15, -0.1) is 0 Å². The van der Waals surface area contributed by atoms with E-state index in [0.717, 1.165) is 27.5 Å². The number of rotatable bonds is 5. The van der Waals surface area contributed by atoms with E-state index >= 15 is 0 Å². The van der Waals surface area contributed by atoms with Gasteiger partial charge in [-0.2, -0.15) is 5.10 Å². The van der Waals surface area contributed by atoms with Crippen LogP contribution in [0, 0.1) is 6.92 Å². The molecule has 0 atom stereocenters. The average Bonchev–Trinajstić information content (AvgIpc) is 3.04. The lowest BCUT2D eigenvalue weighted by atomic mass is 10.1. The zero-order valence-corrected chi connectivity index (χ0v) is 15.0. The van der Waals surface area contributed by atoms with E-state index in [1.54, 1.807) is 10.9 Å². The predicted molar refractivity (Wildman–Crippen MR) is 103 cm³/mol. The normalized spacial score (nSPS) is 11.5. The van der Waals surface area contributed by atoms with Crippen molar-refractivity contribution in [2.24, 2.45) is 7.05 Å². The van der Waals surface area contributed by atoms with Crippen LogP contribution in [0.1, 0.15) is 11.1 Å². The number of ether oxygens (including phenoxy) is 1. The smallest absolute Gasteiger partial charge is 0.215 e. The van der Waals surface area contributed by atoms with Gasteiger partial charge in [-0.1, -0.05) is 42.0 Å². The molecule has 0 aliphatic heterocycles. The average molecular weight is 347 g/mol. The second-order valence-electron chi connectivity index (χ2n) is 6.54.